The highest BCUT2D eigenvalue weighted by molar-refractivity contribution is 6.12. The molecular weight excluding hydrogens is 628 g/mol. The molecule has 3 heterocycles. The Hall–Kier alpha value is -7.03. The van der Waals surface area contributed by atoms with Crippen molar-refractivity contribution in [1.29, 1.82) is 5.26 Å². The summed E-state index contributed by atoms with van der Waals surface area (Å²) in [4.78, 5) is 4.70. The quantitative estimate of drug-likeness (QED) is 0.190. The summed E-state index contributed by atoms with van der Waals surface area (Å²) >= 11 is 0. The van der Waals surface area contributed by atoms with E-state index in [1.165, 1.54) is 44.7 Å². The normalized spacial score (nSPS) is 11.6. The maximum atomic E-state index is 14.0. The van der Waals surface area contributed by atoms with E-state index < -0.39 is 0 Å². The zero-order valence-corrected chi connectivity index (χ0v) is 27.3. The second-order valence-electron chi connectivity index (χ2n) is 12.9. The third-order valence-electron chi connectivity index (χ3n) is 10.0. The summed E-state index contributed by atoms with van der Waals surface area (Å²) in [5.41, 5.74) is 11.5. The second-order valence-corrected chi connectivity index (χ2v) is 12.9. The number of hydrogen-bond acceptors (Lipinski definition) is 2. The third kappa shape index (κ3) is 4.55. The minimum Gasteiger partial charge on any atom is -0.309 e. The Kier molecular flexibility index (Phi) is 6.39. The highest BCUT2D eigenvalue weighted by Crippen LogP contribution is 2.38. The van der Waals surface area contributed by atoms with E-state index in [0.29, 0.717) is 22.2 Å². The Morgan fingerprint density at radius 3 is 1.78 bits per heavy atom. The van der Waals surface area contributed by atoms with Crippen molar-refractivity contribution < 1.29 is 4.39 Å². The van der Waals surface area contributed by atoms with Gasteiger partial charge in [-0.1, -0.05) is 84.9 Å². The molecule has 0 aliphatic heterocycles. The van der Waals surface area contributed by atoms with Crippen molar-refractivity contribution in [3.05, 3.63) is 175 Å². The molecule has 3 aromatic heterocycles. The lowest BCUT2D eigenvalue weighted by molar-refractivity contribution is 0.629. The van der Waals surface area contributed by atoms with Crippen molar-refractivity contribution in [2.24, 2.45) is 0 Å². The van der Waals surface area contributed by atoms with Crippen LogP contribution in [0.1, 0.15) is 5.56 Å². The molecule has 0 aliphatic rings. The number of para-hydroxylation sites is 3. The number of nitrogens with zero attached hydrogens (tertiary/aromatic N) is 4. The van der Waals surface area contributed by atoms with Gasteiger partial charge in [0.25, 0.3) is 0 Å². The average molecular weight is 655 g/mol. The standard InChI is InChI=1S/C46H27FN4/c47-33-18-22-36-32(28-48)25-41(49-42(36)27-33)29-14-19-35(20-15-29)50-44-13-7-5-11-38(44)40-24-30(17-23-45(40)50)31-16-21-39-37-10-4-6-12-43(37)51(46(39)26-31)34-8-2-1-3-9-34/h1-27H. The SMILES string of the molecule is N#Cc1cc(-c2ccc(-n3c4ccccc4c4cc(-c5ccc6c7ccccc7n(-c7ccccc7)c6c5)ccc43)cc2)nc2cc(F)ccc12. The lowest BCUT2D eigenvalue weighted by atomic mass is 10.0. The average Bonchev–Trinajstić information content (AvgIpc) is 3.70. The lowest BCUT2D eigenvalue weighted by Crippen LogP contribution is -1.95. The molecule has 51 heavy (non-hydrogen) atoms. The van der Waals surface area contributed by atoms with Crippen molar-refractivity contribution >= 4 is 54.5 Å². The Morgan fingerprint density at radius 2 is 1.02 bits per heavy atom. The van der Waals surface area contributed by atoms with Gasteiger partial charge >= 0.3 is 0 Å². The molecule has 10 rings (SSSR count). The fraction of sp³-hybridized carbons (Fsp3) is 0. The number of fused-ring (bicyclic) bond motifs is 7. The van der Waals surface area contributed by atoms with Crippen LogP contribution in [0.4, 0.5) is 4.39 Å². The van der Waals surface area contributed by atoms with Crippen LogP contribution in [-0.2, 0) is 0 Å². The first kappa shape index (κ1) is 28.9. The van der Waals surface area contributed by atoms with E-state index in [9.17, 15) is 9.65 Å². The van der Waals surface area contributed by atoms with Crippen LogP contribution in [-0.4, -0.2) is 14.1 Å². The molecule has 0 bridgehead atoms. The predicted molar refractivity (Wildman–Crippen MR) is 206 cm³/mol. The first-order valence-electron chi connectivity index (χ1n) is 16.9. The molecule has 4 nitrogen and oxygen atoms in total. The zero-order chi connectivity index (χ0) is 34.1. The van der Waals surface area contributed by atoms with Gasteiger partial charge in [-0.15, -0.1) is 0 Å². The molecule has 0 radical (unpaired) electrons. The predicted octanol–water partition coefficient (Wildman–Crippen LogP) is 11.8. The number of halogens is 1. The van der Waals surface area contributed by atoms with Gasteiger partial charge < -0.3 is 9.13 Å². The Balaban J connectivity index is 1.10. The van der Waals surface area contributed by atoms with Crippen LogP contribution in [0.3, 0.4) is 0 Å². The van der Waals surface area contributed by atoms with Crippen LogP contribution in [0.25, 0.3) is 88.3 Å². The second kappa shape index (κ2) is 11.3. The smallest absolute Gasteiger partial charge is 0.125 e. The van der Waals surface area contributed by atoms with E-state index in [1.807, 2.05) is 12.1 Å². The topological polar surface area (TPSA) is 46.5 Å². The third-order valence-corrected chi connectivity index (χ3v) is 10.0. The van der Waals surface area contributed by atoms with Gasteiger partial charge in [-0.3, -0.25) is 0 Å². The summed E-state index contributed by atoms with van der Waals surface area (Å²) in [6, 6.07) is 57.7. The van der Waals surface area contributed by atoms with Crippen molar-refractivity contribution in [2.45, 2.75) is 0 Å². The molecule has 0 spiro atoms. The lowest BCUT2D eigenvalue weighted by Gasteiger charge is -2.11. The molecule has 0 atom stereocenters. The van der Waals surface area contributed by atoms with E-state index in [2.05, 4.69) is 143 Å². The van der Waals surface area contributed by atoms with Gasteiger partial charge in [0.1, 0.15) is 5.82 Å². The summed E-state index contributed by atoms with van der Waals surface area (Å²) in [6.45, 7) is 0. The van der Waals surface area contributed by atoms with Crippen molar-refractivity contribution in [3.63, 3.8) is 0 Å². The molecule has 10 aromatic rings. The Morgan fingerprint density at radius 1 is 0.451 bits per heavy atom. The molecule has 0 aliphatic carbocycles. The molecule has 0 saturated carbocycles. The van der Waals surface area contributed by atoms with Crippen molar-refractivity contribution in [1.82, 2.24) is 14.1 Å². The summed E-state index contributed by atoms with van der Waals surface area (Å²) in [5, 5.41) is 15.3. The number of hydrogen-bond donors (Lipinski definition) is 0. The van der Waals surface area contributed by atoms with E-state index in [4.69, 9.17) is 4.98 Å². The summed E-state index contributed by atoms with van der Waals surface area (Å²) < 4.78 is 18.7. The van der Waals surface area contributed by atoms with Crippen LogP contribution in [0.15, 0.2) is 164 Å². The van der Waals surface area contributed by atoms with Gasteiger partial charge in [0.15, 0.2) is 0 Å². The van der Waals surface area contributed by atoms with Gasteiger partial charge in [0.05, 0.1) is 44.9 Å². The minimum absolute atomic E-state index is 0.378. The first-order valence-corrected chi connectivity index (χ1v) is 16.9. The van der Waals surface area contributed by atoms with Gasteiger partial charge in [-0.05, 0) is 83.9 Å². The molecule has 0 fully saturated rings. The fourth-order valence-corrected chi connectivity index (χ4v) is 7.66. The number of benzene rings is 7. The molecule has 0 saturated heterocycles. The largest absolute Gasteiger partial charge is 0.309 e. The Bertz CT molecular complexity index is 3040. The number of rotatable bonds is 4. The first-order chi connectivity index (χ1) is 25.1. The van der Waals surface area contributed by atoms with Gasteiger partial charge in [-0.25, -0.2) is 9.37 Å². The van der Waals surface area contributed by atoms with E-state index >= 15 is 0 Å². The maximum Gasteiger partial charge on any atom is 0.125 e. The molecule has 5 heteroatoms. The molecule has 7 aromatic carbocycles. The van der Waals surface area contributed by atoms with Crippen LogP contribution in [0, 0.1) is 17.1 Å². The number of nitriles is 1. The Labute approximate surface area is 292 Å². The van der Waals surface area contributed by atoms with Gasteiger partial charge in [0.2, 0.25) is 0 Å². The number of aromatic nitrogens is 3. The monoisotopic (exact) mass is 654 g/mol. The van der Waals surface area contributed by atoms with Gasteiger partial charge in [-0.2, -0.15) is 5.26 Å². The van der Waals surface area contributed by atoms with Gasteiger partial charge in [0, 0.05) is 49.9 Å². The van der Waals surface area contributed by atoms with Crippen LogP contribution >= 0.6 is 0 Å². The van der Waals surface area contributed by atoms with Crippen LogP contribution < -0.4 is 0 Å². The van der Waals surface area contributed by atoms with Crippen molar-refractivity contribution in [3.8, 4) is 39.8 Å². The maximum absolute atomic E-state index is 14.0. The molecule has 0 unspecified atom stereocenters. The van der Waals surface area contributed by atoms with Crippen molar-refractivity contribution in [2.75, 3.05) is 0 Å². The van der Waals surface area contributed by atoms with E-state index in [1.54, 1.807) is 12.1 Å². The van der Waals surface area contributed by atoms with Crippen LogP contribution in [0.2, 0.25) is 0 Å². The number of pyridine rings is 1. The highest BCUT2D eigenvalue weighted by atomic mass is 19.1. The summed E-state index contributed by atoms with van der Waals surface area (Å²) in [6.07, 6.45) is 0. The molecule has 0 amide bonds. The minimum atomic E-state index is -0.378. The zero-order valence-electron chi connectivity index (χ0n) is 27.3. The van der Waals surface area contributed by atoms with E-state index in [0.717, 1.165) is 39.1 Å². The summed E-state index contributed by atoms with van der Waals surface area (Å²) in [5.74, 6) is -0.378. The fourth-order valence-electron chi connectivity index (χ4n) is 7.66. The highest BCUT2D eigenvalue weighted by Gasteiger charge is 2.16. The molecule has 238 valence electrons. The summed E-state index contributed by atoms with van der Waals surface area (Å²) in [7, 11) is 0. The van der Waals surface area contributed by atoms with Crippen LogP contribution in [0.5, 0.6) is 0 Å². The molecular formula is C46H27FN4. The van der Waals surface area contributed by atoms with E-state index in [-0.39, 0.29) is 5.82 Å². The molecule has 0 N–H and O–H groups in total.